The molecule has 10 aromatic rings. The van der Waals surface area contributed by atoms with Crippen LogP contribution in [0.1, 0.15) is 128 Å². The van der Waals surface area contributed by atoms with Crippen molar-refractivity contribution in [2.75, 3.05) is 9.80 Å². The molecule has 0 saturated heterocycles. The summed E-state index contributed by atoms with van der Waals surface area (Å²) in [5.41, 5.74) is 14.5. The van der Waals surface area contributed by atoms with Gasteiger partial charge in [0.2, 0.25) is 0 Å². The van der Waals surface area contributed by atoms with Crippen molar-refractivity contribution < 1.29 is 25.8 Å². The summed E-state index contributed by atoms with van der Waals surface area (Å²) in [7, 11) is 0. The van der Waals surface area contributed by atoms with Gasteiger partial charge in [-0.1, -0.05) is 221 Å². The fourth-order valence-corrected chi connectivity index (χ4v) is 11.1. The van der Waals surface area contributed by atoms with Crippen molar-refractivity contribution in [1.29, 1.82) is 0 Å². The number of anilines is 4. The normalized spacial score (nSPS) is 13.2. The minimum absolute atomic E-state index is 0. The van der Waals surface area contributed by atoms with E-state index in [-0.39, 0.29) is 42.7 Å². The average Bonchev–Trinajstić information content (AvgIpc) is 4.19. The average molecular weight is 1190 g/mol. The van der Waals surface area contributed by atoms with Crippen molar-refractivity contribution in [3.05, 3.63) is 258 Å². The summed E-state index contributed by atoms with van der Waals surface area (Å²) in [6.45, 7) is 29.7. The molecule has 0 N–H and O–H groups in total. The van der Waals surface area contributed by atoms with Gasteiger partial charge in [-0.25, -0.2) is 4.98 Å². The Morgan fingerprint density at radius 2 is 0.948 bits per heavy atom. The van der Waals surface area contributed by atoms with Crippen LogP contribution in [0.15, 0.2) is 194 Å². The molecule has 8 aromatic carbocycles. The van der Waals surface area contributed by atoms with Crippen LogP contribution in [0.2, 0.25) is 0 Å². The molecule has 2 aromatic heterocycles. The van der Waals surface area contributed by atoms with Gasteiger partial charge in [-0.3, -0.25) is 0 Å². The summed E-state index contributed by atoms with van der Waals surface area (Å²) in [5, 5.41) is 2.27. The third kappa shape index (κ3) is 9.82. The minimum Gasteiger partial charge on any atom is -0.509 e. The van der Waals surface area contributed by atoms with Crippen LogP contribution in [-0.2, 0) is 48.1 Å². The first-order valence-corrected chi connectivity index (χ1v) is 26.8. The largest absolute Gasteiger partial charge is 0.509 e. The van der Waals surface area contributed by atoms with E-state index in [0.29, 0.717) is 11.5 Å². The quantitative estimate of drug-likeness (QED) is 0.121. The molecule has 0 saturated carbocycles. The molecule has 6 heteroatoms. The Kier molecular flexibility index (Phi) is 13.8. The molecule has 0 amide bonds. The molecule has 1 aliphatic heterocycles. The molecule has 0 atom stereocenters. The van der Waals surface area contributed by atoms with Gasteiger partial charge in [0.1, 0.15) is 5.82 Å². The van der Waals surface area contributed by atoms with Crippen LogP contribution in [0.3, 0.4) is 0 Å². The minimum atomic E-state index is -0.425. The Morgan fingerprint density at radius 1 is 0.442 bits per heavy atom. The van der Waals surface area contributed by atoms with E-state index in [0.717, 1.165) is 61.5 Å². The number of hydrogen-bond donors (Lipinski definition) is 0. The van der Waals surface area contributed by atoms with E-state index in [2.05, 4.69) is 304 Å². The van der Waals surface area contributed by atoms with Gasteiger partial charge >= 0.3 is 0 Å². The third-order valence-electron chi connectivity index (χ3n) is 16.1. The summed E-state index contributed by atoms with van der Waals surface area (Å²) in [6.07, 6.45) is 1.93. The number of aromatic nitrogens is 2. The number of fused-ring (bicyclic) bond motifs is 4. The van der Waals surface area contributed by atoms with Gasteiger partial charge < -0.3 is 19.1 Å². The van der Waals surface area contributed by atoms with Crippen LogP contribution in [0.25, 0.3) is 27.6 Å². The van der Waals surface area contributed by atoms with Gasteiger partial charge in [-0.05, 0) is 97.5 Å². The standard InChI is InChI=1S/C71H69N4O.Pt/c1-67(2,3)51-36-37-72-65(43-51)75-61-33-23-22-32-59(61)66-60(71(11,12)50-30-20-15-21-31-50)45-58(46-64(66)75)76-57-42-52(68(4,5)6)39-56(44-57)74-47-73(62-34-24-25-35-63(62)74)55-40-53(69(7,8)48-26-16-13-17-27-48)38-54(41-55)70(9,10)49-28-18-14-19-29-49;/h13-43,45,47H,1-12H3;/q-3;. The van der Waals surface area contributed by atoms with E-state index in [1.165, 1.54) is 33.4 Å². The molecule has 5 nitrogen and oxygen atoms in total. The second-order valence-corrected chi connectivity index (χ2v) is 24.3. The van der Waals surface area contributed by atoms with Crippen LogP contribution in [0.4, 0.5) is 22.7 Å². The molecular formula is C71H69N4OPt-3. The predicted molar refractivity (Wildman–Crippen MR) is 317 cm³/mol. The van der Waals surface area contributed by atoms with Crippen LogP contribution < -0.4 is 14.5 Å². The van der Waals surface area contributed by atoms with Crippen LogP contribution in [-0.4, -0.2) is 9.55 Å². The van der Waals surface area contributed by atoms with Gasteiger partial charge in [0, 0.05) is 72.2 Å². The van der Waals surface area contributed by atoms with Gasteiger partial charge in [0.25, 0.3) is 0 Å². The molecule has 0 radical (unpaired) electrons. The molecule has 0 aliphatic carbocycles. The van der Waals surface area contributed by atoms with Crippen molar-refractivity contribution in [2.24, 2.45) is 0 Å². The maximum atomic E-state index is 7.25. The zero-order chi connectivity index (χ0) is 53.4. The first-order chi connectivity index (χ1) is 36.2. The fourth-order valence-electron chi connectivity index (χ4n) is 11.1. The molecule has 77 heavy (non-hydrogen) atoms. The zero-order valence-corrected chi connectivity index (χ0v) is 48.8. The molecule has 392 valence electrons. The van der Waals surface area contributed by atoms with E-state index in [9.17, 15) is 0 Å². The Hall–Kier alpha value is -7.20. The SMILES string of the molecule is CC(C)(C)c1cc(Oc2[c-]c3c(c(C(C)(C)c4ccccc4)c2)c2ccccc2n3-c2cc(C(C)(C)C)ccn2)[c-]c(N2[CH-]N(c3cc(C(C)(C)c4ccccc4)cc(C(C)(C)c4ccccc4)c3)c3ccccc32)c1.[Pt]. The Bertz CT molecular complexity index is 3700. The molecular weight excluding hydrogens is 1120 g/mol. The molecule has 11 rings (SSSR count). The number of benzene rings is 8. The van der Waals surface area contributed by atoms with Crippen LogP contribution in [0.5, 0.6) is 11.5 Å². The first kappa shape index (κ1) is 53.2. The summed E-state index contributed by atoms with van der Waals surface area (Å²) in [6, 6.07) is 75.7. The van der Waals surface area contributed by atoms with E-state index < -0.39 is 5.41 Å². The fraction of sp³-hybridized carbons (Fsp3) is 0.239. The number of para-hydroxylation sites is 3. The van der Waals surface area contributed by atoms with Crippen molar-refractivity contribution in [1.82, 2.24) is 9.55 Å². The Morgan fingerprint density at radius 3 is 1.52 bits per heavy atom. The van der Waals surface area contributed by atoms with Crippen LogP contribution >= 0.6 is 0 Å². The summed E-state index contributed by atoms with van der Waals surface area (Å²) < 4.78 is 9.52. The van der Waals surface area contributed by atoms with E-state index in [4.69, 9.17) is 9.72 Å². The van der Waals surface area contributed by atoms with E-state index >= 15 is 0 Å². The Labute approximate surface area is 471 Å². The number of nitrogens with zero attached hydrogens (tertiary/aromatic N) is 4. The van der Waals surface area contributed by atoms with Gasteiger partial charge in [0.15, 0.2) is 0 Å². The monoisotopic (exact) mass is 1190 g/mol. The second-order valence-electron chi connectivity index (χ2n) is 24.3. The van der Waals surface area contributed by atoms with Crippen molar-refractivity contribution in [3.63, 3.8) is 0 Å². The topological polar surface area (TPSA) is 33.5 Å². The number of rotatable bonds is 11. The Balaban J connectivity index is 0.00000672. The second kappa shape index (κ2) is 20.0. The third-order valence-corrected chi connectivity index (χ3v) is 16.1. The van der Waals surface area contributed by atoms with Gasteiger partial charge in [-0.15, -0.1) is 53.8 Å². The molecule has 3 heterocycles. The van der Waals surface area contributed by atoms with Gasteiger partial charge in [0.05, 0.1) is 0 Å². The van der Waals surface area contributed by atoms with E-state index in [1.54, 1.807) is 0 Å². The maximum Gasteiger partial charge on any atom is 0.135 e. The van der Waals surface area contributed by atoms with E-state index in [1.807, 2.05) is 6.20 Å². The van der Waals surface area contributed by atoms with Crippen LogP contribution in [0, 0.1) is 18.8 Å². The molecule has 0 fully saturated rings. The number of ether oxygens (including phenoxy) is 1. The maximum absolute atomic E-state index is 7.25. The number of pyridine rings is 1. The number of hydrogen-bond acceptors (Lipinski definition) is 4. The summed E-state index contributed by atoms with van der Waals surface area (Å²) in [5.74, 6) is 2.06. The summed E-state index contributed by atoms with van der Waals surface area (Å²) >= 11 is 0. The van der Waals surface area contributed by atoms with Crippen molar-refractivity contribution in [3.8, 4) is 17.3 Å². The molecule has 0 bridgehead atoms. The molecule has 0 unspecified atom stereocenters. The molecule has 0 spiro atoms. The van der Waals surface area contributed by atoms with Crippen molar-refractivity contribution >= 4 is 44.6 Å². The zero-order valence-electron chi connectivity index (χ0n) is 46.6. The summed E-state index contributed by atoms with van der Waals surface area (Å²) in [4.78, 5) is 9.67. The molecule has 1 aliphatic rings. The first-order valence-electron chi connectivity index (χ1n) is 26.8. The van der Waals surface area contributed by atoms with Crippen molar-refractivity contribution in [2.45, 2.75) is 110 Å². The smallest absolute Gasteiger partial charge is 0.135 e. The predicted octanol–water partition coefficient (Wildman–Crippen LogP) is 18.6. The van der Waals surface area contributed by atoms with Gasteiger partial charge in [-0.2, -0.15) is 0 Å².